The molecule has 0 aromatic heterocycles. The first-order valence-electron chi connectivity index (χ1n) is 4.37. The van der Waals surface area contributed by atoms with Crippen LogP contribution in [-0.4, -0.2) is 20.1 Å². The smallest absolute Gasteiger partial charge is 0.239 e. The number of ether oxygens (including phenoxy) is 2. The van der Waals surface area contributed by atoms with E-state index in [0.717, 1.165) is 0 Å². The van der Waals surface area contributed by atoms with Crippen molar-refractivity contribution in [3.05, 3.63) is 23.8 Å². The molecule has 1 unspecified atom stereocenters. The van der Waals surface area contributed by atoms with Gasteiger partial charge in [0, 0.05) is 11.6 Å². The zero-order valence-electron chi connectivity index (χ0n) is 8.69. The molecular formula is C10H14N2O3. The Bertz CT molecular complexity index is 366. The second-order valence-electron chi connectivity index (χ2n) is 2.99. The summed E-state index contributed by atoms with van der Waals surface area (Å²) in [6.45, 7) is 0. The molecule has 1 aromatic rings. The first kappa shape index (κ1) is 11.3. The number of carbonyl (C=O) groups excluding carboxylic acids is 1. The Morgan fingerprint density at radius 1 is 1.33 bits per heavy atom. The minimum atomic E-state index is -0.870. The molecule has 0 radical (unpaired) electrons. The van der Waals surface area contributed by atoms with Gasteiger partial charge in [-0.3, -0.25) is 4.79 Å². The zero-order valence-corrected chi connectivity index (χ0v) is 8.69. The Hall–Kier alpha value is -1.75. The Labute approximate surface area is 88.0 Å². The average Bonchev–Trinajstić information content (AvgIpc) is 2.27. The van der Waals surface area contributed by atoms with Crippen LogP contribution in [0.1, 0.15) is 11.6 Å². The summed E-state index contributed by atoms with van der Waals surface area (Å²) >= 11 is 0. The van der Waals surface area contributed by atoms with Crippen molar-refractivity contribution in [3.63, 3.8) is 0 Å². The van der Waals surface area contributed by atoms with Gasteiger partial charge < -0.3 is 20.9 Å². The molecule has 0 aliphatic heterocycles. The molecule has 0 saturated carbocycles. The lowest BCUT2D eigenvalue weighted by molar-refractivity contribution is -0.119. The van der Waals surface area contributed by atoms with E-state index in [1.165, 1.54) is 7.11 Å². The molecule has 0 bridgehead atoms. The van der Waals surface area contributed by atoms with Gasteiger partial charge in [-0.25, -0.2) is 0 Å². The van der Waals surface area contributed by atoms with Gasteiger partial charge in [0.25, 0.3) is 0 Å². The maximum absolute atomic E-state index is 10.9. The molecule has 1 rings (SSSR count). The molecule has 0 spiro atoms. The molecular weight excluding hydrogens is 196 g/mol. The largest absolute Gasteiger partial charge is 0.497 e. The van der Waals surface area contributed by atoms with E-state index in [2.05, 4.69) is 0 Å². The fourth-order valence-electron chi connectivity index (χ4n) is 1.23. The molecule has 0 aliphatic carbocycles. The number of nitrogens with two attached hydrogens (primary N) is 2. The molecule has 5 nitrogen and oxygen atoms in total. The van der Waals surface area contributed by atoms with Crippen LogP contribution in [0, 0.1) is 0 Å². The lowest BCUT2D eigenvalue weighted by Gasteiger charge is -2.13. The second kappa shape index (κ2) is 4.65. The van der Waals surface area contributed by atoms with Crippen LogP contribution in [-0.2, 0) is 4.79 Å². The predicted octanol–water partition coefficient (Wildman–Crippen LogP) is 0.189. The van der Waals surface area contributed by atoms with Crippen molar-refractivity contribution in [3.8, 4) is 11.5 Å². The number of methoxy groups -OCH3 is 2. The molecule has 1 aromatic carbocycles. The number of primary amides is 1. The molecule has 4 N–H and O–H groups in total. The SMILES string of the molecule is COc1ccc(C(N)C(N)=O)c(OC)c1. The molecule has 5 heteroatoms. The quantitative estimate of drug-likeness (QED) is 0.742. The molecule has 0 saturated heterocycles. The van der Waals surface area contributed by atoms with Gasteiger partial charge in [-0.2, -0.15) is 0 Å². The Morgan fingerprint density at radius 3 is 2.47 bits per heavy atom. The van der Waals surface area contributed by atoms with Gasteiger partial charge in [-0.15, -0.1) is 0 Å². The third-order valence-corrected chi connectivity index (χ3v) is 2.08. The number of amides is 1. The molecule has 15 heavy (non-hydrogen) atoms. The standard InChI is InChI=1S/C10H14N2O3/c1-14-6-3-4-7(8(5-6)15-2)9(11)10(12)13/h3-5,9H,11H2,1-2H3,(H2,12,13). The Kier molecular flexibility index (Phi) is 3.51. The van der Waals surface area contributed by atoms with Crippen molar-refractivity contribution in [2.75, 3.05) is 14.2 Å². The van der Waals surface area contributed by atoms with E-state index in [0.29, 0.717) is 17.1 Å². The van der Waals surface area contributed by atoms with Crippen molar-refractivity contribution in [1.82, 2.24) is 0 Å². The fraction of sp³-hybridized carbons (Fsp3) is 0.300. The molecule has 0 aliphatic rings. The highest BCUT2D eigenvalue weighted by atomic mass is 16.5. The summed E-state index contributed by atoms with van der Waals surface area (Å²) in [5, 5.41) is 0. The summed E-state index contributed by atoms with van der Waals surface area (Å²) in [6, 6.07) is 4.14. The topological polar surface area (TPSA) is 87.6 Å². The normalized spacial score (nSPS) is 11.9. The summed E-state index contributed by atoms with van der Waals surface area (Å²) in [6.07, 6.45) is 0. The summed E-state index contributed by atoms with van der Waals surface area (Å²) < 4.78 is 10.1. The van der Waals surface area contributed by atoms with Crippen molar-refractivity contribution in [2.24, 2.45) is 11.5 Å². The third-order valence-electron chi connectivity index (χ3n) is 2.08. The first-order chi connectivity index (χ1) is 7.10. The highest BCUT2D eigenvalue weighted by Gasteiger charge is 2.17. The summed E-state index contributed by atoms with van der Waals surface area (Å²) in [4.78, 5) is 10.9. The number of rotatable bonds is 4. The zero-order chi connectivity index (χ0) is 11.4. The molecule has 82 valence electrons. The van der Waals surface area contributed by atoms with Gasteiger partial charge in [0.2, 0.25) is 5.91 Å². The maximum atomic E-state index is 10.9. The van der Waals surface area contributed by atoms with Crippen molar-refractivity contribution < 1.29 is 14.3 Å². The van der Waals surface area contributed by atoms with Crippen LogP contribution in [0.3, 0.4) is 0 Å². The number of hydrogen-bond donors (Lipinski definition) is 2. The maximum Gasteiger partial charge on any atom is 0.239 e. The van der Waals surface area contributed by atoms with E-state index >= 15 is 0 Å². The highest BCUT2D eigenvalue weighted by Crippen LogP contribution is 2.28. The van der Waals surface area contributed by atoms with Gasteiger partial charge in [0.15, 0.2) is 0 Å². The molecule has 0 heterocycles. The van der Waals surface area contributed by atoms with Crippen molar-refractivity contribution in [2.45, 2.75) is 6.04 Å². The number of benzene rings is 1. The number of carbonyl (C=O) groups is 1. The predicted molar refractivity (Wildman–Crippen MR) is 55.7 cm³/mol. The van der Waals surface area contributed by atoms with E-state index in [1.54, 1.807) is 25.3 Å². The van der Waals surface area contributed by atoms with Crippen LogP contribution in [0.4, 0.5) is 0 Å². The average molecular weight is 210 g/mol. The summed E-state index contributed by atoms with van der Waals surface area (Å²) in [5.41, 5.74) is 11.3. The van der Waals surface area contributed by atoms with Gasteiger partial charge in [-0.05, 0) is 12.1 Å². The lowest BCUT2D eigenvalue weighted by atomic mass is 10.1. The van der Waals surface area contributed by atoms with Crippen LogP contribution in [0.25, 0.3) is 0 Å². The molecule has 1 amide bonds. The van der Waals surface area contributed by atoms with Crippen LogP contribution in [0.2, 0.25) is 0 Å². The van der Waals surface area contributed by atoms with E-state index in [4.69, 9.17) is 20.9 Å². The monoisotopic (exact) mass is 210 g/mol. The fourth-order valence-corrected chi connectivity index (χ4v) is 1.23. The van der Waals surface area contributed by atoms with E-state index in [-0.39, 0.29) is 0 Å². The van der Waals surface area contributed by atoms with Crippen molar-refractivity contribution in [1.29, 1.82) is 0 Å². The van der Waals surface area contributed by atoms with Crippen LogP contribution in [0.15, 0.2) is 18.2 Å². The van der Waals surface area contributed by atoms with Gasteiger partial charge in [-0.1, -0.05) is 0 Å². The minimum absolute atomic E-state index is 0.487. The van der Waals surface area contributed by atoms with Crippen LogP contribution < -0.4 is 20.9 Å². The highest BCUT2D eigenvalue weighted by molar-refractivity contribution is 5.82. The van der Waals surface area contributed by atoms with Gasteiger partial charge in [0.05, 0.1) is 14.2 Å². The van der Waals surface area contributed by atoms with Gasteiger partial charge >= 0.3 is 0 Å². The summed E-state index contributed by atoms with van der Waals surface area (Å²) in [7, 11) is 3.04. The molecule has 1 atom stereocenters. The third kappa shape index (κ3) is 2.38. The minimum Gasteiger partial charge on any atom is -0.497 e. The van der Waals surface area contributed by atoms with Crippen LogP contribution in [0.5, 0.6) is 11.5 Å². The van der Waals surface area contributed by atoms with Crippen LogP contribution >= 0.6 is 0 Å². The van der Waals surface area contributed by atoms with E-state index in [1.807, 2.05) is 0 Å². The Balaban J connectivity index is 3.12. The Morgan fingerprint density at radius 2 is 2.00 bits per heavy atom. The van der Waals surface area contributed by atoms with E-state index in [9.17, 15) is 4.79 Å². The molecule has 0 fully saturated rings. The van der Waals surface area contributed by atoms with Crippen molar-refractivity contribution >= 4 is 5.91 Å². The van der Waals surface area contributed by atoms with Gasteiger partial charge in [0.1, 0.15) is 17.5 Å². The van der Waals surface area contributed by atoms with E-state index < -0.39 is 11.9 Å². The summed E-state index contributed by atoms with van der Waals surface area (Å²) in [5.74, 6) is 0.520. The lowest BCUT2D eigenvalue weighted by Crippen LogP contribution is -2.28. The first-order valence-corrected chi connectivity index (χ1v) is 4.37. The number of hydrogen-bond acceptors (Lipinski definition) is 4. The second-order valence-corrected chi connectivity index (χ2v) is 2.99.